The molecular weight excluding hydrogens is 155 g/mol. The molecule has 0 spiro atoms. The van der Waals surface area contributed by atoms with Crippen LogP contribution in [0.4, 0.5) is 0 Å². The molecule has 1 N–H and O–H groups in total. The smallest absolute Gasteiger partial charge is 0.547 e. The van der Waals surface area contributed by atoms with Crippen molar-refractivity contribution < 1.29 is 44.6 Å². The SMILES string of the molecule is O=C([O-])[C@@H](O)C1C=CCC1.[Na+]. The second-order valence-corrected chi connectivity index (χ2v) is 2.43. The normalized spacial score (nSPS) is 24.3. The van der Waals surface area contributed by atoms with Crippen molar-refractivity contribution in [3.63, 3.8) is 0 Å². The molecule has 1 aliphatic rings. The van der Waals surface area contributed by atoms with E-state index in [1.54, 1.807) is 6.08 Å². The predicted octanol–water partition coefficient (Wildman–Crippen LogP) is -3.93. The molecule has 0 aromatic carbocycles. The van der Waals surface area contributed by atoms with Gasteiger partial charge in [0.25, 0.3) is 0 Å². The van der Waals surface area contributed by atoms with Crippen LogP contribution < -0.4 is 34.7 Å². The fraction of sp³-hybridized carbons (Fsp3) is 0.571. The molecule has 0 aromatic heterocycles. The van der Waals surface area contributed by atoms with E-state index in [-0.39, 0.29) is 35.5 Å². The van der Waals surface area contributed by atoms with Gasteiger partial charge in [0.05, 0.1) is 12.1 Å². The van der Waals surface area contributed by atoms with E-state index in [1.165, 1.54) is 0 Å². The summed E-state index contributed by atoms with van der Waals surface area (Å²) in [6.07, 6.45) is 3.85. The van der Waals surface area contributed by atoms with Gasteiger partial charge < -0.3 is 15.0 Å². The van der Waals surface area contributed by atoms with Gasteiger partial charge in [0, 0.05) is 5.92 Å². The maximum atomic E-state index is 10.1. The fourth-order valence-corrected chi connectivity index (χ4v) is 1.09. The molecule has 0 heterocycles. The van der Waals surface area contributed by atoms with Gasteiger partial charge >= 0.3 is 29.6 Å². The molecule has 0 amide bonds. The van der Waals surface area contributed by atoms with E-state index < -0.39 is 12.1 Å². The summed E-state index contributed by atoms with van der Waals surface area (Å²) in [6, 6.07) is 0. The van der Waals surface area contributed by atoms with E-state index in [2.05, 4.69) is 0 Å². The Labute approximate surface area is 87.4 Å². The molecule has 1 unspecified atom stereocenters. The third-order valence-corrected chi connectivity index (χ3v) is 1.70. The van der Waals surface area contributed by atoms with Crippen LogP contribution >= 0.6 is 0 Å². The molecule has 0 bridgehead atoms. The molecular formula is C7H9NaO3. The summed E-state index contributed by atoms with van der Waals surface area (Å²) in [6.45, 7) is 0. The summed E-state index contributed by atoms with van der Waals surface area (Å²) in [5.41, 5.74) is 0. The average molecular weight is 164 g/mol. The molecule has 11 heavy (non-hydrogen) atoms. The molecule has 56 valence electrons. The zero-order valence-electron chi connectivity index (χ0n) is 6.49. The van der Waals surface area contributed by atoms with Crippen LogP contribution in [0.2, 0.25) is 0 Å². The first-order chi connectivity index (χ1) is 4.72. The Morgan fingerprint density at radius 3 is 2.73 bits per heavy atom. The molecule has 3 nitrogen and oxygen atoms in total. The van der Waals surface area contributed by atoms with Gasteiger partial charge in [0.15, 0.2) is 0 Å². The number of carboxylic acid groups (broad SMARTS) is 1. The number of aliphatic hydroxyl groups is 1. The fourth-order valence-electron chi connectivity index (χ4n) is 1.09. The van der Waals surface area contributed by atoms with Gasteiger partial charge in [0.2, 0.25) is 0 Å². The van der Waals surface area contributed by atoms with Gasteiger partial charge in [0.1, 0.15) is 0 Å². The van der Waals surface area contributed by atoms with Gasteiger partial charge in [-0.15, -0.1) is 0 Å². The second kappa shape index (κ2) is 4.93. The van der Waals surface area contributed by atoms with E-state index in [9.17, 15) is 9.90 Å². The topological polar surface area (TPSA) is 60.4 Å². The Kier molecular flexibility index (Phi) is 5.01. The Balaban J connectivity index is 0.000001000. The Hall–Kier alpha value is 0.170. The van der Waals surface area contributed by atoms with Gasteiger partial charge in [-0.1, -0.05) is 12.2 Å². The van der Waals surface area contributed by atoms with Crippen LogP contribution in [0.1, 0.15) is 12.8 Å². The van der Waals surface area contributed by atoms with Crippen molar-refractivity contribution in [1.29, 1.82) is 0 Å². The summed E-state index contributed by atoms with van der Waals surface area (Å²) in [5.74, 6) is -1.61. The first-order valence-corrected chi connectivity index (χ1v) is 3.27. The number of allylic oxidation sites excluding steroid dienone is 1. The molecule has 1 rings (SSSR count). The van der Waals surface area contributed by atoms with E-state index in [0.717, 1.165) is 12.8 Å². The Morgan fingerprint density at radius 1 is 1.73 bits per heavy atom. The predicted molar refractivity (Wildman–Crippen MR) is 32.9 cm³/mol. The maximum absolute atomic E-state index is 10.1. The minimum absolute atomic E-state index is 0. The summed E-state index contributed by atoms with van der Waals surface area (Å²) in [5, 5.41) is 19.0. The number of carboxylic acids is 1. The minimum atomic E-state index is -1.38. The second-order valence-electron chi connectivity index (χ2n) is 2.43. The largest absolute Gasteiger partial charge is 1.00 e. The zero-order valence-corrected chi connectivity index (χ0v) is 8.49. The van der Waals surface area contributed by atoms with Crippen LogP contribution in [0.15, 0.2) is 12.2 Å². The summed E-state index contributed by atoms with van der Waals surface area (Å²) in [4.78, 5) is 10.1. The number of carbonyl (C=O) groups is 1. The van der Waals surface area contributed by atoms with Crippen LogP contribution in [-0.4, -0.2) is 17.2 Å². The van der Waals surface area contributed by atoms with Crippen LogP contribution in [0, 0.1) is 5.92 Å². The average Bonchev–Trinajstić information content (AvgIpc) is 2.36. The molecule has 4 heteroatoms. The van der Waals surface area contributed by atoms with Crippen molar-refractivity contribution in [2.24, 2.45) is 5.92 Å². The van der Waals surface area contributed by atoms with Gasteiger partial charge in [-0.05, 0) is 12.8 Å². The summed E-state index contributed by atoms with van der Waals surface area (Å²) < 4.78 is 0. The van der Waals surface area contributed by atoms with E-state index in [1.807, 2.05) is 6.08 Å². The molecule has 0 saturated heterocycles. The molecule has 0 aromatic rings. The van der Waals surface area contributed by atoms with Crippen LogP contribution in [0.3, 0.4) is 0 Å². The first kappa shape index (κ1) is 11.2. The molecule has 0 radical (unpaired) electrons. The number of aliphatic hydroxyl groups excluding tert-OH is 1. The van der Waals surface area contributed by atoms with Crippen molar-refractivity contribution in [3.05, 3.63) is 12.2 Å². The Bertz CT molecular complexity index is 167. The van der Waals surface area contributed by atoms with Crippen molar-refractivity contribution in [3.8, 4) is 0 Å². The van der Waals surface area contributed by atoms with Crippen molar-refractivity contribution in [1.82, 2.24) is 0 Å². The monoisotopic (exact) mass is 164 g/mol. The van der Waals surface area contributed by atoms with Gasteiger partial charge in [-0.2, -0.15) is 0 Å². The zero-order chi connectivity index (χ0) is 7.56. The van der Waals surface area contributed by atoms with Crippen LogP contribution in [0.5, 0.6) is 0 Å². The third-order valence-electron chi connectivity index (χ3n) is 1.70. The number of hydrogen-bond acceptors (Lipinski definition) is 3. The van der Waals surface area contributed by atoms with Crippen molar-refractivity contribution in [2.75, 3.05) is 0 Å². The van der Waals surface area contributed by atoms with Gasteiger partial charge in [-0.25, -0.2) is 0 Å². The number of rotatable bonds is 2. The standard InChI is InChI=1S/C7H10O3.Na/c8-6(7(9)10)5-3-1-2-4-5;/h1,3,5-6,8H,2,4H2,(H,9,10);/q;+1/p-1/t5?,6-;/m0./s1. The van der Waals surface area contributed by atoms with Crippen molar-refractivity contribution >= 4 is 5.97 Å². The number of aliphatic carboxylic acids is 1. The molecule has 0 saturated carbocycles. The quantitative estimate of drug-likeness (QED) is 0.335. The summed E-state index contributed by atoms with van der Waals surface area (Å²) in [7, 11) is 0. The number of hydrogen-bond donors (Lipinski definition) is 1. The van der Waals surface area contributed by atoms with E-state index >= 15 is 0 Å². The first-order valence-electron chi connectivity index (χ1n) is 3.27. The molecule has 1 aliphatic carbocycles. The summed E-state index contributed by atoms with van der Waals surface area (Å²) >= 11 is 0. The number of carbonyl (C=O) groups excluding carboxylic acids is 1. The molecule has 2 atom stereocenters. The van der Waals surface area contributed by atoms with Gasteiger partial charge in [-0.3, -0.25) is 0 Å². The minimum Gasteiger partial charge on any atom is -0.547 e. The van der Waals surface area contributed by atoms with Crippen molar-refractivity contribution in [2.45, 2.75) is 18.9 Å². The molecule has 0 aliphatic heterocycles. The molecule has 0 fully saturated rings. The van der Waals surface area contributed by atoms with Crippen LogP contribution in [-0.2, 0) is 4.79 Å². The Morgan fingerprint density at radius 2 is 2.36 bits per heavy atom. The maximum Gasteiger partial charge on any atom is 1.00 e. The third kappa shape index (κ3) is 2.95. The van der Waals surface area contributed by atoms with E-state index in [4.69, 9.17) is 5.11 Å². The van der Waals surface area contributed by atoms with E-state index in [0.29, 0.717) is 0 Å². The van der Waals surface area contributed by atoms with Crippen LogP contribution in [0.25, 0.3) is 0 Å².